The Balaban J connectivity index is 1.98. The van der Waals surface area contributed by atoms with E-state index in [1.165, 1.54) is 18.2 Å². The Morgan fingerprint density at radius 3 is 2.42 bits per heavy atom. The first-order valence-corrected chi connectivity index (χ1v) is 7.82. The van der Waals surface area contributed by atoms with E-state index < -0.39 is 35.1 Å². The standard InChI is InChI=1S/C17H20F3NO3/c1-11(9-12-5-2-3-6-13(12)17(18,19)20)21-14(22)10-16(15(23)24)7-4-8-16/h2-3,5-6,11H,4,7-10H2,1H3,(H,21,22)(H,23,24). The van der Waals surface area contributed by atoms with E-state index in [0.29, 0.717) is 12.8 Å². The minimum absolute atomic E-state index is 0.0293. The van der Waals surface area contributed by atoms with Crippen LogP contribution in [0.15, 0.2) is 24.3 Å². The largest absolute Gasteiger partial charge is 0.481 e. The second-order valence-electron chi connectivity index (χ2n) is 6.44. The van der Waals surface area contributed by atoms with Gasteiger partial charge in [-0.05, 0) is 37.8 Å². The Morgan fingerprint density at radius 1 is 1.29 bits per heavy atom. The van der Waals surface area contributed by atoms with Crippen molar-refractivity contribution in [2.75, 3.05) is 0 Å². The molecule has 0 spiro atoms. The van der Waals surface area contributed by atoms with Crippen LogP contribution in [0.5, 0.6) is 0 Å². The molecule has 0 radical (unpaired) electrons. The molecule has 1 aromatic carbocycles. The van der Waals surface area contributed by atoms with Gasteiger partial charge in [-0.1, -0.05) is 24.6 Å². The van der Waals surface area contributed by atoms with Crippen molar-refractivity contribution in [3.8, 4) is 0 Å². The molecule has 1 saturated carbocycles. The molecule has 0 aromatic heterocycles. The number of hydrogen-bond donors (Lipinski definition) is 2. The maximum absolute atomic E-state index is 13.0. The average Bonchev–Trinajstić information content (AvgIpc) is 2.41. The summed E-state index contributed by atoms with van der Waals surface area (Å²) in [5.41, 5.74) is -1.62. The lowest BCUT2D eigenvalue weighted by Gasteiger charge is -2.37. The fourth-order valence-corrected chi connectivity index (χ4v) is 3.06. The molecule has 0 aliphatic heterocycles. The second kappa shape index (κ2) is 6.83. The molecule has 0 bridgehead atoms. The van der Waals surface area contributed by atoms with Crippen LogP contribution in [-0.4, -0.2) is 23.0 Å². The minimum atomic E-state index is -4.44. The predicted octanol–water partition coefficient (Wildman–Crippen LogP) is 3.40. The van der Waals surface area contributed by atoms with Gasteiger partial charge in [-0.15, -0.1) is 0 Å². The summed E-state index contributed by atoms with van der Waals surface area (Å²) in [5, 5.41) is 11.8. The van der Waals surface area contributed by atoms with Crippen LogP contribution >= 0.6 is 0 Å². The molecule has 1 fully saturated rings. The third-order valence-electron chi connectivity index (χ3n) is 4.52. The number of nitrogens with one attached hydrogen (secondary N) is 1. The predicted molar refractivity (Wildman–Crippen MR) is 81.3 cm³/mol. The van der Waals surface area contributed by atoms with Crippen molar-refractivity contribution < 1.29 is 27.9 Å². The highest BCUT2D eigenvalue weighted by molar-refractivity contribution is 5.85. The van der Waals surface area contributed by atoms with Crippen molar-refractivity contribution in [1.29, 1.82) is 0 Å². The molecule has 4 nitrogen and oxygen atoms in total. The van der Waals surface area contributed by atoms with Crippen LogP contribution < -0.4 is 5.32 Å². The first-order chi connectivity index (χ1) is 11.1. The highest BCUT2D eigenvalue weighted by Gasteiger charge is 2.46. The number of aliphatic carboxylic acids is 1. The zero-order chi connectivity index (χ0) is 18.0. The lowest BCUT2D eigenvalue weighted by Crippen LogP contribution is -2.44. The number of rotatable bonds is 6. The molecule has 7 heteroatoms. The molecule has 2 N–H and O–H groups in total. The van der Waals surface area contributed by atoms with Crippen molar-refractivity contribution >= 4 is 11.9 Å². The van der Waals surface area contributed by atoms with Crippen LogP contribution in [0.4, 0.5) is 13.2 Å². The number of carbonyl (C=O) groups excluding carboxylic acids is 1. The van der Waals surface area contributed by atoms with Gasteiger partial charge in [0.2, 0.25) is 5.91 Å². The van der Waals surface area contributed by atoms with Crippen molar-refractivity contribution in [3.05, 3.63) is 35.4 Å². The van der Waals surface area contributed by atoms with E-state index in [2.05, 4.69) is 5.32 Å². The fraction of sp³-hybridized carbons (Fsp3) is 0.529. The number of carboxylic acid groups (broad SMARTS) is 1. The number of carboxylic acids is 1. The molecule has 1 aliphatic rings. The zero-order valence-corrected chi connectivity index (χ0v) is 13.3. The highest BCUT2D eigenvalue weighted by Crippen LogP contribution is 2.44. The van der Waals surface area contributed by atoms with Crippen LogP contribution in [0.2, 0.25) is 0 Å². The molecule has 1 atom stereocenters. The third-order valence-corrected chi connectivity index (χ3v) is 4.52. The van der Waals surface area contributed by atoms with Gasteiger partial charge in [0.15, 0.2) is 0 Å². The van der Waals surface area contributed by atoms with Gasteiger partial charge in [-0.25, -0.2) is 0 Å². The highest BCUT2D eigenvalue weighted by atomic mass is 19.4. The van der Waals surface area contributed by atoms with Gasteiger partial charge in [-0.3, -0.25) is 9.59 Å². The normalized spacial score (nSPS) is 17.7. The molecular weight excluding hydrogens is 323 g/mol. The molecule has 1 aromatic rings. The number of hydrogen-bond acceptors (Lipinski definition) is 2. The Hall–Kier alpha value is -2.05. The summed E-state index contributed by atoms with van der Waals surface area (Å²) in [6.45, 7) is 1.61. The van der Waals surface area contributed by atoms with E-state index in [-0.39, 0.29) is 18.4 Å². The molecule has 0 heterocycles. The van der Waals surface area contributed by atoms with Gasteiger partial charge < -0.3 is 10.4 Å². The number of halogens is 3. The van der Waals surface area contributed by atoms with Crippen molar-refractivity contribution in [2.45, 2.75) is 51.2 Å². The zero-order valence-electron chi connectivity index (χ0n) is 13.3. The Kier molecular flexibility index (Phi) is 5.20. The van der Waals surface area contributed by atoms with E-state index in [0.717, 1.165) is 12.5 Å². The maximum atomic E-state index is 13.0. The molecule has 1 amide bonds. The molecule has 0 saturated heterocycles. The monoisotopic (exact) mass is 343 g/mol. The summed E-state index contributed by atoms with van der Waals surface area (Å²) in [7, 11) is 0. The number of carbonyl (C=O) groups is 2. The van der Waals surface area contributed by atoms with E-state index in [4.69, 9.17) is 0 Å². The minimum Gasteiger partial charge on any atom is -0.481 e. The first kappa shape index (κ1) is 18.3. The van der Waals surface area contributed by atoms with E-state index >= 15 is 0 Å². The van der Waals surface area contributed by atoms with Gasteiger partial charge in [0.1, 0.15) is 0 Å². The molecular formula is C17H20F3NO3. The van der Waals surface area contributed by atoms with Crippen molar-refractivity contribution in [3.63, 3.8) is 0 Å². The van der Waals surface area contributed by atoms with E-state index in [9.17, 15) is 27.9 Å². The topological polar surface area (TPSA) is 66.4 Å². The number of benzene rings is 1. The SMILES string of the molecule is CC(Cc1ccccc1C(F)(F)F)NC(=O)CC1(C(=O)O)CCC1. The summed E-state index contributed by atoms with van der Waals surface area (Å²) in [5.74, 6) is -1.42. The lowest BCUT2D eigenvalue weighted by atomic mass is 9.66. The average molecular weight is 343 g/mol. The fourth-order valence-electron chi connectivity index (χ4n) is 3.06. The summed E-state index contributed by atoms with van der Waals surface area (Å²) >= 11 is 0. The Morgan fingerprint density at radius 2 is 1.92 bits per heavy atom. The maximum Gasteiger partial charge on any atom is 0.416 e. The summed E-state index contributed by atoms with van der Waals surface area (Å²) < 4.78 is 38.9. The molecule has 1 unspecified atom stereocenters. The Bertz CT molecular complexity index is 624. The second-order valence-corrected chi connectivity index (χ2v) is 6.44. The number of amides is 1. The van der Waals surface area contributed by atoms with Crippen LogP contribution in [0, 0.1) is 5.41 Å². The number of alkyl halides is 3. The Labute approximate surface area is 138 Å². The van der Waals surface area contributed by atoms with Crippen molar-refractivity contribution in [1.82, 2.24) is 5.32 Å². The molecule has 132 valence electrons. The molecule has 2 rings (SSSR count). The van der Waals surface area contributed by atoms with Crippen LogP contribution in [0.25, 0.3) is 0 Å². The van der Waals surface area contributed by atoms with Gasteiger partial charge in [0.25, 0.3) is 0 Å². The molecule has 1 aliphatic carbocycles. The summed E-state index contributed by atoms with van der Waals surface area (Å²) in [6, 6.07) is 4.72. The van der Waals surface area contributed by atoms with Crippen LogP contribution in [0.1, 0.15) is 43.7 Å². The van der Waals surface area contributed by atoms with Crippen LogP contribution in [-0.2, 0) is 22.2 Å². The quantitative estimate of drug-likeness (QED) is 0.832. The van der Waals surface area contributed by atoms with Crippen LogP contribution in [0.3, 0.4) is 0 Å². The van der Waals surface area contributed by atoms with Gasteiger partial charge in [-0.2, -0.15) is 13.2 Å². The van der Waals surface area contributed by atoms with Gasteiger partial charge in [0, 0.05) is 12.5 Å². The van der Waals surface area contributed by atoms with E-state index in [1.54, 1.807) is 6.92 Å². The summed E-state index contributed by atoms with van der Waals surface area (Å²) in [6.07, 6.45) is -2.86. The van der Waals surface area contributed by atoms with Gasteiger partial charge in [0.05, 0.1) is 11.0 Å². The van der Waals surface area contributed by atoms with Gasteiger partial charge >= 0.3 is 12.1 Å². The summed E-state index contributed by atoms with van der Waals surface area (Å²) in [4.78, 5) is 23.3. The smallest absolute Gasteiger partial charge is 0.416 e. The van der Waals surface area contributed by atoms with Crippen molar-refractivity contribution in [2.24, 2.45) is 5.41 Å². The first-order valence-electron chi connectivity index (χ1n) is 7.82. The third kappa shape index (κ3) is 4.07. The lowest BCUT2D eigenvalue weighted by molar-refractivity contribution is -0.157. The molecule has 24 heavy (non-hydrogen) atoms. The van der Waals surface area contributed by atoms with E-state index in [1.807, 2.05) is 0 Å².